The summed E-state index contributed by atoms with van der Waals surface area (Å²) < 4.78 is 18.5. The van der Waals surface area contributed by atoms with Crippen molar-refractivity contribution in [3.05, 3.63) is 29.6 Å². The smallest absolute Gasteiger partial charge is 0.240 e. The summed E-state index contributed by atoms with van der Waals surface area (Å²) in [6, 6.07) is 3.90. The van der Waals surface area contributed by atoms with Crippen LogP contribution in [-0.4, -0.2) is 18.6 Å². The zero-order chi connectivity index (χ0) is 14.0. The molecule has 1 unspecified atom stereocenters. The van der Waals surface area contributed by atoms with Gasteiger partial charge in [-0.1, -0.05) is 0 Å². The van der Waals surface area contributed by atoms with Crippen molar-refractivity contribution in [2.75, 3.05) is 7.11 Å². The number of halogens is 1. The van der Waals surface area contributed by atoms with Gasteiger partial charge in [-0.2, -0.15) is 0 Å². The lowest BCUT2D eigenvalue weighted by atomic mass is 9.77. The molecule has 1 aliphatic rings. The Kier molecular flexibility index (Phi) is 3.75. The van der Waals surface area contributed by atoms with Gasteiger partial charge < -0.3 is 15.8 Å². The number of rotatable bonds is 4. The Labute approximate surface area is 112 Å². The summed E-state index contributed by atoms with van der Waals surface area (Å²) in [6.45, 7) is 1.79. The summed E-state index contributed by atoms with van der Waals surface area (Å²) in [4.78, 5) is 12.0. The fraction of sp³-hybridized carbons (Fsp3) is 0.500. The minimum Gasteiger partial charge on any atom is -0.496 e. The highest BCUT2D eigenvalue weighted by Crippen LogP contribution is 2.31. The lowest BCUT2D eigenvalue weighted by Gasteiger charge is -2.37. The van der Waals surface area contributed by atoms with Crippen LogP contribution >= 0.6 is 0 Å². The van der Waals surface area contributed by atoms with Crippen LogP contribution in [0, 0.1) is 5.82 Å². The van der Waals surface area contributed by atoms with Gasteiger partial charge in [0.05, 0.1) is 18.7 Å². The SMILES string of the molecule is COc1ccc(F)cc1C(C)NC(=O)C1(N)CCC1. The van der Waals surface area contributed by atoms with Gasteiger partial charge in [0.1, 0.15) is 11.6 Å². The molecule has 1 saturated carbocycles. The van der Waals surface area contributed by atoms with E-state index in [2.05, 4.69) is 5.32 Å². The molecule has 19 heavy (non-hydrogen) atoms. The third-order valence-corrected chi connectivity index (χ3v) is 3.70. The first kappa shape index (κ1) is 13.8. The molecule has 0 radical (unpaired) electrons. The second-order valence-electron chi connectivity index (χ2n) is 5.09. The first-order chi connectivity index (χ1) is 8.96. The summed E-state index contributed by atoms with van der Waals surface area (Å²) >= 11 is 0. The van der Waals surface area contributed by atoms with E-state index in [-0.39, 0.29) is 17.8 Å². The van der Waals surface area contributed by atoms with E-state index >= 15 is 0 Å². The van der Waals surface area contributed by atoms with Crippen molar-refractivity contribution in [3.63, 3.8) is 0 Å². The largest absolute Gasteiger partial charge is 0.496 e. The summed E-state index contributed by atoms with van der Waals surface area (Å²) in [6.07, 6.45) is 2.37. The Morgan fingerprint density at radius 3 is 2.74 bits per heavy atom. The third kappa shape index (κ3) is 2.71. The molecular weight excluding hydrogens is 247 g/mol. The molecule has 1 aliphatic carbocycles. The van der Waals surface area contributed by atoms with E-state index in [0.717, 1.165) is 6.42 Å². The highest BCUT2D eigenvalue weighted by Gasteiger charge is 2.40. The van der Waals surface area contributed by atoms with Gasteiger partial charge in [-0.3, -0.25) is 4.79 Å². The molecule has 1 fully saturated rings. The van der Waals surface area contributed by atoms with Crippen molar-refractivity contribution in [1.29, 1.82) is 0 Å². The van der Waals surface area contributed by atoms with Gasteiger partial charge >= 0.3 is 0 Å². The van der Waals surface area contributed by atoms with Crippen molar-refractivity contribution in [1.82, 2.24) is 5.32 Å². The molecule has 0 aromatic heterocycles. The molecule has 104 valence electrons. The lowest BCUT2D eigenvalue weighted by molar-refractivity contribution is -0.129. The first-order valence-electron chi connectivity index (χ1n) is 6.39. The Morgan fingerprint density at radius 2 is 2.21 bits per heavy atom. The van der Waals surface area contributed by atoms with E-state index in [0.29, 0.717) is 24.2 Å². The number of hydrogen-bond acceptors (Lipinski definition) is 3. The molecule has 1 atom stereocenters. The normalized spacial score (nSPS) is 18.3. The summed E-state index contributed by atoms with van der Waals surface area (Å²) in [5.74, 6) is 0.00875. The lowest BCUT2D eigenvalue weighted by Crippen LogP contribution is -2.58. The van der Waals surface area contributed by atoms with Crippen LogP contribution in [0.2, 0.25) is 0 Å². The monoisotopic (exact) mass is 266 g/mol. The molecule has 4 nitrogen and oxygen atoms in total. The maximum atomic E-state index is 13.3. The third-order valence-electron chi connectivity index (χ3n) is 3.70. The minimum atomic E-state index is -0.755. The van der Waals surface area contributed by atoms with Crippen LogP contribution in [0.15, 0.2) is 18.2 Å². The zero-order valence-corrected chi connectivity index (χ0v) is 11.2. The van der Waals surface area contributed by atoms with Crippen molar-refractivity contribution >= 4 is 5.91 Å². The standard InChI is InChI=1S/C14H19FN2O2/c1-9(17-13(18)14(16)6-3-7-14)11-8-10(15)4-5-12(11)19-2/h4-5,8-9H,3,6-7,16H2,1-2H3,(H,17,18). The topological polar surface area (TPSA) is 64.3 Å². The fourth-order valence-corrected chi connectivity index (χ4v) is 2.25. The molecule has 3 N–H and O–H groups in total. The molecule has 2 rings (SSSR count). The maximum Gasteiger partial charge on any atom is 0.240 e. The van der Waals surface area contributed by atoms with Crippen LogP contribution in [0.5, 0.6) is 5.75 Å². The highest BCUT2D eigenvalue weighted by molar-refractivity contribution is 5.87. The summed E-state index contributed by atoms with van der Waals surface area (Å²) in [5.41, 5.74) is 5.81. The number of benzene rings is 1. The van der Waals surface area contributed by atoms with E-state index in [1.807, 2.05) is 0 Å². The van der Waals surface area contributed by atoms with Gasteiger partial charge in [-0.05, 0) is 44.4 Å². The summed E-state index contributed by atoms with van der Waals surface area (Å²) in [7, 11) is 1.52. The number of carbonyl (C=O) groups excluding carboxylic acids is 1. The summed E-state index contributed by atoms with van der Waals surface area (Å²) in [5, 5.41) is 2.83. The number of nitrogens with one attached hydrogen (secondary N) is 1. The number of amides is 1. The quantitative estimate of drug-likeness (QED) is 0.874. The molecule has 0 heterocycles. The van der Waals surface area contributed by atoms with E-state index in [4.69, 9.17) is 10.5 Å². The number of carbonyl (C=O) groups is 1. The molecule has 0 spiro atoms. The van der Waals surface area contributed by atoms with Crippen LogP contribution in [0.3, 0.4) is 0 Å². The van der Waals surface area contributed by atoms with Gasteiger partial charge in [0.25, 0.3) is 0 Å². The number of methoxy groups -OCH3 is 1. The Morgan fingerprint density at radius 1 is 1.53 bits per heavy atom. The number of hydrogen-bond donors (Lipinski definition) is 2. The molecule has 0 bridgehead atoms. The van der Waals surface area contributed by atoms with Crippen molar-refractivity contribution in [2.24, 2.45) is 5.73 Å². The van der Waals surface area contributed by atoms with Gasteiger partial charge in [-0.25, -0.2) is 4.39 Å². The minimum absolute atomic E-state index is 0.183. The highest BCUT2D eigenvalue weighted by atomic mass is 19.1. The molecule has 5 heteroatoms. The maximum absolute atomic E-state index is 13.3. The van der Waals surface area contributed by atoms with Crippen molar-refractivity contribution in [2.45, 2.75) is 37.8 Å². The fourth-order valence-electron chi connectivity index (χ4n) is 2.25. The van der Waals surface area contributed by atoms with Crippen LogP contribution < -0.4 is 15.8 Å². The van der Waals surface area contributed by atoms with E-state index in [9.17, 15) is 9.18 Å². The predicted molar refractivity (Wildman–Crippen MR) is 70.3 cm³/mol. The van der Waals surface area contributed by atoms with E-state index < -0.39 is 5.54 Å². The Hall–Kier alpha value is -1.62. The number of nitrogens with two attached hydrogens (primary N) is 1. The van der Waals surface area contributed by atoms with Crippen LogP contribution in [-0.2, 0) is 4.79 Å². The van der Waals surface area contributed by atoms with Crippen LogP contribution in [0.25, 0.3) is 0 Å². The second kappa shape index (κ2) is 5.17. The zero-order valence-electron chi connectivity index (χ0n) is 11.2. The van der Waals surface area contributed by atoms with Gasteiger partial charge in [0.2, 0.25) is 5.91 Å². The first-order valence-corrected chi connectivity index (χ1v) is 6.39. The van der Waals surface area contributed by atoms with Gasteiger partial charge in [0.15, 0.2) is 0 Å². The van der Waals surface area contributed by atoms with E-state index in [1.165, 1.54) is 19.2 Å². The van der Waals surface area contributed by atoms with Crippen LogP contribution in [0.1, 0.15) is 37.8 Å². The van der Waals surface area contributed by atoms with Crippen molar-refractivity contribution < 1.29 is 13.9 Å². The second-order valence-corrected chi connectivity index (χ2v) is 5.09. The molecule has 1 aromatic carbocycles. The molecule has 1 aromatic rings. The van der Waals surface area contributed by atoms with E-state index in [1.54, 1.807) is 13.0 Å². The van der Waals surface area contributed by atoms with Gasteiger partial charge in [-0.15, -0.1) is 0 Å². The molecular formula is C14H19FN2O2. The predicted octanol–water partition coefficient (Wildman–Crippen LogP) is 1.89. The number of ether oxygens (including phenoxy) is 1. The van der Waals surface area contributed by atoms with Gasteiger partial charge in [0, 0.05) is 5.56 Å². The average Bonchev–Trinajstić information content (AvgIpc) is 2.35. The molecule has 0 saturated heterocycles. The molecule has 1 amide bonds. The molecule has 0 aliphatic heterocycles. The average molecular weight is 266 g/mol. The van der Waals surface area contributed by atoms with Crippen LogP contribution in [0.4, 0.5) is 4.39 Å². The van der Waals surface area contributed by atoms with Crippen molar-refractivity contribution in [3.8, 4) is 5.75 Å². The Bertz CT molecular complexity index is 486. The Balaban J connectivity index is 2.13.